The van der Waals surface area contributed by atoms with Crippen LogP contribution in [0.3, 0.4) is 0 Å². The summed E-state index contributed by atoms with van der Waals surface area (Å²) < 4.78 is 2.02. The molecule has 0 atom stereocenters. The second-order valence-corrected chi connectivity index (χ2v) is 8.58. The number of nitrogens with zero attached hydrogens (tertiary/aromatic N) is 4. The first-order valence-corrected chi connectivity index (χ1v) is 10.6. The lowest BCUT2D eigenvalue weighted by Gasteiger charge is -2.35. The Kier molecular flexibility index (Phi) is 6.91. The van der Waals surface area contributed by atoms with Gasteiger partial charge in [-0.15, -0.1) is 0 Å². The highest BCUT2D eigenvalue weighted by molar-refractivity contribution is 5.92. The topological polar surface area (TPSA) is 41.4 Å². The van der Waals surface area contributed by atoms with Crippen LogP contribution in [0.25, 0.3) is 6.08 Å². The van der Waals surface area contributed by atoms with Crippen LogP contribution >= 0.6 is 0 Å². The Labute approximate surface area is 175 Å². The number of aryl methyl sites for hydroxylation is 2. The number of amides is 1. The molecule has 156 valence electrons. The normalized spacial score (nSPS) is 15.6. The van der Waals surface area contributed by atoms with Gasteiger partial charge in [-0.2, -0.15) is 5.10 Å². The molecule has 1 aliphatic heterocycles. The smallest absolute Gasteiger partial charge is 0.246 e. The van der Waals surface area contributed by atoms with Crippen molar-refractivity contribution in [1.29, 1.82) is 0 Å². The van der Waals surface area contributed by atoms with E-state index in [0.29, 0.717) is 5.92 Å². The zero-order chi connectivity index (χ0) is 21.0. The largest absolute Gasteiger partial charge is 0.337 e. The van der Waals surface area contributed by atoms with E-state index in [0.717, 1.165) is 56.2 Å². The van der Waals surface area contributed by atoms with Gasteiger partial charge in [-0.3, -0.25) is 14.4 Å². The molecule has 1 aromatic heterocycles. The molecule has 2 aromatic rings. The number of carbonyl (C=O) groups is 1. The summed E-state index contributed by atoms with van der Waals surface area (Å²) in [5.41, 5.74) is 5.58. The Bertz CT molecular complexity index is 856. The van der Waals surface area contributed by atoms with Crippen molar-refractivity contribution < 1.29 is 4.79 Å². The van der Waals surface area contributed by atoms with Crippen LogP contribution in [0, 0.1) is 26.7 Å². The lowest BCUT2D eigenvalue weighted by Crippen LogP contribution is -2.49. The third-order valence-corrected chi connectivity index (χ3v) is 5.59. The van der Waals surface area contributed by atoms with E-state index in [4.69, 9.17) is 0 Å². The highest BCUT2D eigenvalue weighted by atomic mass is 16.2. The first-order valence-electron chi connectivity index (χ1n) is 10.6. The number of carbonyl (C=O) groups excluding carboxylic acids is 1. The van der Waals surface area contributed by atoms with Crippen LogP contribution in [0.15, 0.2) is 30.3 Å². The van der Waals surface area contributed by atoms with E-state index in [1.165, 1.54) is 11.1 Å². The average molecular weight is 395 g/mol. The van der Waals surface area contributed by atoms with Gasteiger partial charge in [-0.25, -0.2) is 0 Å². The molecule has 1 saturated heterocycles. The Hall–Kier alpha value is -2.40. The van der Waals surface area contributed by atoms with E-state index in [-0.39, 0.29) is 5.91 Å². The maximum Gasteiger partial charge on any atom is 0.246 e. The molecular formula is C24H34N4O. The van der Waals surface area contributed by atoms with E-state index in [1.807, 2.05) is 22.6 Å². The summed E-state index contributed by atoms with van der Waals surface area (Å²) in [4.78, 5) is 17.0. The van der Waals surface area contributed by atoms with Crippen LogP contribution in [0.5, 0.6) is 0 Å². The van der Waals surface area contributed by atoms with Crippen molar-refractivity contribution in [3.8, 4) is 0 Å². The molecule has 3 rings (SSSR count). The van der Waals surface area contributed by atoms with Crippen LogP contribution < -0.4 is 0 Å². The third kappa shape index (κ3) is 5.57. The van der Waals surface area contributed by atoms with Crippen molar-refractivity contribution in [3.05, 3.63) is 58.4 Å². The van der Waals surface area contributed by atoms with Crippen molar-refractivity contribution in [3.63, 3.8) is 0 Å². The number of rotatable bonds is 6. The molecule has 5 heteroatoms. The second-order valence-electron chi connectivity index (χ2n) is 8.58. The molecule has 1 amide bonds. The van der Waals surface area contributed by atoms with Crippen LogP contribution in [-0.2, 0) is 11.3 Å². The SMILES string of the molecule is Cc1ccc(Cn2nc(C)c(C=CC(=O)N3CCN(CC(C)C)CC3)c2C)cc1. The molecule has 0 saturated carbocycles. The summed E-state index contributed by atoms with van der Waals surface area (Å²) in [6.07, 6.45) is 3.65. The quantitative estimate of drug-likeness (QED) is 0.702. The van der Waals surface area contributed by atoms with E-state index >= 15 is 0 Å². The Morgan fingerprint density at radius 1 is 1.07 bits per heavy atom. The number of benzene rings is 1. The molecule has 0 unspecified atom stereocenters. The van der Waals surface area contributed by atoms with Crippen LogP contribution in [0.4, 0.5) is 0 Å². The van der Waals surface area contributed by atoms with Crippen molar-refractivity contribution in [1.82, 2.24) is 19.6 Å². The molecule has 1 fully saturated rings. The highest BCUT2D eigenvalue weighted by Gasteiger charge is 2.20. The van der Waals surface area contributed by atoms with Gasteiger partial charge in [0.25, 0.3) is 0 Å². The first kappa shape index (κ1) is 21.3. The third-order valence-electron chi connectivity index (χ3n) is 5.59. The van der Waals surface area contributed by atoms with Crippen LogP contribution in [0.1, 0.15) is 41.9 Å². The fraction of sp³-hybridized carbons (Fsp3) is 0.500. The molecule has 1 aromatic carbocycles. The van der Waals surface area contributed by atoms with E-state index < -0.39 is 0 Å². The summed E-state index contributed by atoms with van der Waals surface area (Å²) in [5, 5.41) is 4.69. The summed E-state index contributed by atoms with van der Waals surface area (Å²) >= 11 is 0. The van der Waals surface area contributed by atoms with Crippen molar-refractivity contribution in [2.24, 2.45) is 5.92 Å². The summed E-state index contributed by atoms with van der Waals surface area (Å²) in [6, 6.07) is 8.54. The molecular weight excluding hydrogens is 360 g/mol. The summed E-state index contributed by atoms with van der Waals surface area (Å²) in [5.74, 6) is 0.763. The fourth-order valence-corrected chi connectivity index (χ4v) is 3.90. The number of piperazine rings is 1. The molecule has 0 N–H and O–H groups in total. The lowest BCUT2D eigenvalue weighted by molar-refractivity contribution is -0.127. The summed E-state index contributed by atoms with van der Waals surface area (Å²) in [7, 11) is 0. The molecule has 2 heterocycles. The number of hydrogen-bond donors (Lipinski definition) is 0. The Morgan fingerprint density at radius 2 is 1.72 bits per heavy atom. The predicted octanol–water partition coefficient (Wildman–Crippen LogP) is 3.67. The second kappa shape index (κ2) is 9.40. The Morgan fingerprint density at radius 3 is 2.34 bits per heavy atom. The first-order chi connectivity index (χ1) is 13.8. The van der Waals surface area contributed by atoms with Crippen molar-refractivity contribution >= 4 is 12.0 Å². The molecule has 0 radical (unpaired) electrons. The maximum absolute atomic E-state index is 12.6. The monoisotopic (exact) mass is 394 g/mol. The summed E-state index contributed by atoms with van der Waals surface area (Å²) in [6.45, 7) is 16.0. The average Bonchev–Trinajstić information content (AvgIpc) is 2.94. The molecule has 5 nitrogen and oxygen atoms in total. The van der Waals surface area contributed by atoms with Gasteiger partial charge in [0.1, 0.15) is 0 Å². The molecule has 0 bridgehead atoms. The number of hydrogen-bond acceptors (Lipinski definition) is 3. The standard InChI is InChI=1S/C24H34N4O/c1-18(2)16-26-12-14-27(15-13-26)24(29)11-10-23-20(4)25-28(21(23)5)17-22-8-6-19(3)7-9-22/h6-11,18H,12-17H2,1-5H3. The van der Waals surface area contributed by atoms with E-state index in [2.05, 4.69) is 62.0 Å². The molecule has 29 heavy (non-hydrogen) atoms. The van der Waals surface area contributed by atoms with E-state index in [1.54, 1.807) is 6.08 Å². The van der Waals surface area contributed by atoms with Crippen molar-refractivity contribution in [2.75, 3.05) is 32.7 Å². The maximum atomic E-state index is 12.6. The van der Waals surface area contributed by atoms with Gasteiger partial charge in [0.15, 0.2) is 0 Å². The van der Waals surface area contributed by atoms with E-state index in [9.17, 15) is 4.79 Å². The van der Waals surface area contributed by atoms with Gasteiger partial charge in [0, 0.05) is 50.1 Å². The molecule has 1 aliphatic rings. The van der Waals surface area contributed by atoms with Gasteiger partial charge in [-0.05, 0) is 38.3 Å². The van der Waals surface area contributed by atoms with Gasteiger partial charge in [0.05, 0.1) is 12.2 Å². The van der Waals surface area contributed by atoms with Gasteiger partial charge < -0.3 is 4.90 Å². The minimum atomic E-state index is 0.0966. The molecule has 0 aliphatic carbocycles. The molecule has 0 spiro atoms. The zero-order valence-corrected chi connectivity index (χ0v) is 18.5. The Balaban J connectivity index is 1.62. The van der Waals surface area contributed by atoms with Gasteiger partial charge in [0.2, 0.25) is 5.91 Å². The van der Waals surface area contributed by atoms with Crippen molar-refractivity contribution in [2.45, 2.75) is 41.2 Å². The van der Waals surface area contributed by atoms with Crippen LogP contribution in [-0.4, -0.2) is 58.2 Å². The predicted molar refractivity (Wildman–Crippen MR) is 119 cm³/mol. The highest BCUT2D eigenvalue weighted by Crippen LogP contribution is 2.17. The van der Waals surface area contributed by atoms with Crippen LogP contribution in [0.2, 0.25) is 0 Å². The van der Waals surface area contributed by atoms with Gasteiger partial charge in [-0.1, -0.05) is 43.7 Å². The minimum absolute atomic E-state index is 0.0966. The lowest BCUT2D eigenvalue weighted by atomic mass is 10.1. The van der Waals surface area contributed by atoms with Gasteiger partial charge >= 0.3 is 0 Å². The fourth-order valence-electron chi connectivity index (χ4n) is 3.90. The number of aromatic nitrogens is 2. The minimum Gasteiger partial charge on any atom is -0.337 e. The zero-order valence-electron chi connectivity index (χ0n) is 18.5.